The average Bonchev–Trinajstić information content (AvgIpc) is 4.22. The first kappa shape index (κ1) is 48.5. The minimum atomic E-state index is -0.839. The van der Waals surface area contributed by atoms with Crippen molar-refractivity contribution in [2.75, 3.05) is 35.6 Å². The lowest BCUT2D eigenvalue weighted by Crippen LogP contribution is -2.43. The van der Waals surface area contributed by atoms with Crippen LogP contribution in [0.2, 0.25) is 0 Å². The molecule has 6 N–H and O–H groups in total. The van der Waals surface area contributed by atoms with Gasteiger partial charge in [-0.15, -0.1) is 0 Å². The van der Waals surface area contributed by atoms with Crippen molar-refractivity contribution in [1.29, 1.82) is 0 Å². The number of hydrogen-bond acceptors (Lipinski definition) is 12. The van der Waals surface area contributed by atoms with Crippen LogP contribution in [0, 0.1) is 0 Å². The predicted octanol–water partition coefficient (Wildman–Crippen LogP) is 5.48. The maximum atomic E-state index is 13.6. The number of thiophene rings is 3. The van der Waals surface area contributed by atoms with Crippen molar-refractivity contribution in [3.63, 3.8) is 0 Å². The van der Waals surface area contributed by atoms with Crippen molar-refractivity contribution in [2.24, 2.45) is 0 Å². The molecule has 70 heavy (non-hydrogen) atoms. The molecular weight excluding hydrogens is 949 g/mol. The van der Waals surface area contributed by atoms with Crippen LogP contribution < -0.4 is 16.0 Å². The normalized spacial score (nSPS) is 21.4. The lowest BCUT2D eigenvalue weighted by atomic mass is 9.85. The highest BCUT2D eigenvalue weighted by atomic mass is 32.1. The molecule has 362 valence electrons. The third-order valence-corrected chi connectivity index (χ3v) is 15.2. The minimum Gasteiger partial charge on any atom is -0.391 e. The number of benzene rings is 3. The first-order valence-corrected chi connectivity index (χ1v) is 25.9. The standard InChI is InChI=1S/C52H52N6O9S3/c59-40-22-43(56(25-40)46(62)19-31-13-16-68-28-31)50(65)53-37-7-1-34(2-8-37)49(35-3-9-38(10-4-35)54-51(66)44-23-41(60)26-57(44)47(63)20-32-14-17-69-29-32)36-5-11-39(12-6-36)55-52(67)45-24-42(61)27-58(45)48(64)21-33-15-18-70-30-33/h1-18,28-30,40-45,49,59-61H,19-27H2,(H,53,65)(H,54,66)(H,55,67)/t40?,41?,42?,43-,44-,45-,49?/m0/s1. The Labute approximate surface area is 416 Å². The highest BCUT2D eigenvalue weighted by Gasteiger charge is 2.41. The molecule has 6 aromatic rings. The number of carbonyl (C=O) groups is 6. The Bertz CT molecular complexity index is 2480. The number of β-amino-alcohol motifs (C(OH)–C–C–N with tert-alkyl or cyclic N) is 3. The van der Waals surface area contributed by atoms with Crippen molar-refractivity contribution in [1.82, 2.24) is 14.7 Å². The first-order valence-electron chi connectivity index (χ1n) is 23.0. The number of nitrogens with one attached hydrogen (secondary N) is 3. The Kier molecular flexibility index (Phi) is 15.0. The van der Waals surface area contributed by atoms with Gasteiger partial charge in [0, 0.05) is 61.9 Å². The minimum absolute atomic E-state index is 0.0716. The number of carbonyl (C=O) groups excluding carboxylic acids is 6. The van der Waals surface area contributed by atoms with Crippen LogP contribution >= 0.6 is 34.0 Å². The topological polar surface area (TPSA) is 209 Å². The zero-order chi connectivity index (χ0) is 48.9. The van der Waals surface area contributed by atoms with Gasteiger partial charge < -0.3 is 46.0 Å². The van der Waals surface area contributed by atoms with E-state index in [9.17, 15) is 44.1 Å². The fourth-order valence-electron chi connectivity index (χ4n) is 9.55. The van der Waals surface area contributed by atoms with E-state index in [1.807, 2.05) is 86.9 Å². The molecule has 3 aromatic carbocycles. The van der Waals surface area contributed by atoms with E-state index in [1.54, 1.807) is 36.4 Å². The highest BCUT2D eigenvalue weighted by molar-refractivity contribution is 7.08. The molecule has 3 aliphatic rings. The van der Waals surface area contributed by atoms with Crippen LogP contribution in [0.25, 0.3) is 0 Å². The van der Waals surface area contributed by atoms with E-state index in [0.717, 1.165) is 33.4 Å². The fraction of sp³-hybridized carbons (Fsp3) is 0.308. The molecule has 0 saturated carbocycles. The molecule has 3 unspecified atom stereocenters. The Morgan fingerprint density at radius 3 is 0.957 bits per heavy atom. The average molecular weight is 1000 g/mol. The molecule has 6 amide bonds. The second-order valence-electron chi connectivity index (χ2n) is 18.0. The molecule has 6 heterocycles. The molecule has 3 saturated heterocycles. The molecule has 3 aromatic heterocycles. The van der Waals surface area contributed by atoms with Gasteiger partial charge in [-0.3, -0.25) is 28.8 Å². The third kappa shape index (κ3) is 11.4. The second-order valence-corrected chi connectivity index (χ2v) is 20.4. The summed E-state index contributed by atoms with van der Waals surface area (Å²) in [5.41, 5.74) is 6.57. The Morgan fingerprint density at radius 2 is 0.714 bits per heavy atom. The van der Waals surface area contributed by atoms with Gasteiger partial charge in [0.2, 0.25) is 35.4 Å². The van der Waals surface area contributed by atoms with E-state index in [4.69, 9.17) is 0 Å². The molecule has 0 bridgehead atoms. The van der Waals surface area contributed by atoms with Crippen molar-refractivity contribution < 1.29 is 44.1 Å². The van der Waals surface area contributed by atoms with Crippen molar-refractivity contribution in [3.8, 4) is 0 Å². The smallest absolute Gasteiger partial charge is 0.247 e. The summed E-state index contributed by atoms with van der Waals surface area (Å²) in [7, 11) is 0. The number of aliphatic hydroxyl groups excluding tert-OH is 3. The largest absolute Gasteiger partial charge is 0.391 e. The Hall–Kier alpha value is -6.54. The number of anilines is 3. The van der Waals surface area contributed by atoms with Crippen LogP contribution in [0.5, 0.6) is 0 Å². The molecule has 0 spiro atoms. The van der Waals surface area contributed by atoms with Crippen LogP contribution in [-0.2, 0) is 48.0 Å². The maximum Gasteiger partial charge on any atom is 0.247 e. The van der Waals surface area contributed by atoms with Gasteiger partial charge in [0.25, 0.3) is 0 Å². The van der Waals surface area contributed by atoms with Crippen LogP contribution in [0.4, 0.5) is 17.1 Å². The fourth-order valence-corrected chi connectivity index (χ4v) is 11.6. The van der Waals surface area contributed by atoms with Gasteiger partial charge in [-0.05, 0) is 120 Å². The second kappa shape index (κ2) is 21.6. The molecule has 6 atom stereocenters. The lowest BCUT2D eigenvalue weighted by Gasteiger charge is -2.24. The molecule has 0 aliphatic carbocycles. The number of hydrogen-bond donors (Lipinski definition) is 6. The Balaban J connectivity index is 0.922. The van der Waals surface area contributed by atoms with E-state index in [2.05, 4.69) is 16.0 Å². The summed E-state index contributed by atoms with van der Waals surface area (Å²) in [5, 5.41) is 51.6. The number of likely N-dealkylation sites (tertiary alicyclic amines) is 3. The monoisotopic (exact) mass is 1000 g/mol. The van der Waals surface area contributed by atoms with Gasteiger partial charge >= 0.3 is 0 Å². The van der Waals surface area contributed by atoms with Crippen LogP contribution in [0.1, 0.15) is 58.6 Å². The van der Waals surface area contributed by atoms with E-state index < -0.39 is 54.2 Å². The van der Waals surface area contributed by atoms with Crippen molar-refractivity contribution in [3.05, 3.63) is 157 Å². The molecule has 0 radical (unpaired) electrons. The summed E-state index contributed by atoms with van der Waals surface area (Å²) >= 11 is 4.45. The van der Waals surface area contributed by atoms with Crippen LogP contribution in [0.3, 0.4) is 0 Å². The lowest BCUT2D eigenvalue weighted by molar-refractivity contribution is -0.136. The molecule has 3 aliphatic heterocycles. The summed E-state index contributed by atoms with van der Waals surface area (Å²) in [6.07, 6.45) is -1.69. The van der Waals surface area contributed by atoms with Gasteiger partial charge in [-0.25, -0.2) is 0 Å². The van der Waals surface area contributed by atoms with Gasteiger partial charge in [-0.2, -0.15) is 34.0 Å². The zero-order valence-electron chi connectivity index (χ0n) is 37.9. The Morgan fingerprint density at radius 1 is 0.443 bits per heavy atom. The van der Waals surface area contributed by atoms with E-state index in [0.29, 0.717) is 17.1 Å². The summed E-state index contributed by atoms with van der Waals surface area (Å²) in [6.45, 7) is 0.215. The van der Waals surface area contributed by atoms with Crippen molar-refractivity contribution in [2.45, 2.75) is 80.9 Å². The van der Waals surface area contributed by atoms with Crippen LogP contribution in [0.15, 0.2) is 123 Å². The molecular formula is C52H52N6O9S3. The first-order chi connectivity index (χ1) is 33.8. The maximum absolute atomic E-state index is 13.6. The number of aliphatic hydroxyl groups is 3. The number of rotatable bonds is 15. The molecule has 3 fully saturated rings. The van der Waals surface area contributed by atoms with E-state index in [1.165, 1.54) is 48.7 Å². The molecule has 9 rings (SSSR count). The summed E-state index contributed by atoms with van der Waals surface area (Å²) in [4.78, 5) is 85.0. The van der Waals surface area contributed by atoms with Gasteiger partial charge in [-0.1, -0.05) is 36.4 Å². The van der Waals surface area contributed by atoms with Crippen LogP contribution in [-0.4, -0.2) is 122 Å². The molecule has 18 heteroatoms. The summed E-state index contributed by atoms with van der Waals surface area (Å²) < 4.78 is 0. The van der Waals surface area contributed by atoms with Gasteiger partial charge in [0.1, 0.15) is 18.1 Å². The number of nitrogens with zero attached hydrogens (tertiary/aromatic N) is 3. The zero-order valence-corrected chi connectivity index (χ0v) is 40.3. The van der Waals surface area contributed by atoms with Crippen molar-refractivity contribution >= 4 is 86.5 Å². The summed E-state index contributed by atoms with van der Waals surface area (Å²) in [5.74, 6) is -2.30. The van der Waals surface area contributed by atoms with E-state index >= 15 is 0 Å². The highest BCUT2D eigenvalue weighted by Crippen LogP contribution is 2.35. The molecule has 15 nitrogen and oxygen atoms in total. The van der Waals surface area contributed by atoms with E-state index in [-0.39, 0.29) is 81.8 Å². The number of amides is 6. The predicted molar refractivity (Wildman–Crippen MR) is 269 cm³/mol. The quantitative estimate of drug-likeness (QED) is 0.0720. The summed E-state index contributed by atoms with van der Waals surface area (Å²) in [6, 6.07) is 25.0. The SMILES string of the molecule is O=C(Nc1ccc(C(c2ccc(NC(=O)[C@@H]3CC(O)CN3C(=O)Cc3ccsc3)cc2)c2ccc(NC(=O)[C@@H]3CC(O)CN3C(=O)Cc3ccsc3)cc2)cc1)[C@@H]1CC(O)CN1C(=O)Cc1ccsc1. The van der Waals surface area contributed by atoms with Gasteiger partial charge in [0.05, 0.1) is 37.6 Å². The van der Waals surface area contributed by atoms with Gasteiger partial charge in [0.15, 0.2) is 0 Å². The third-order valence-electron chi connectivity index (χ3n) is 13.0.